The summed E-state index contributed by atoms with van der Waals surface area (Å²) in [7, 11) is 0. The highest BCUT2D eigenvalue weighted by Gasteiger charge is 2.47. The summed E-state index contributed by atoms with van der Waals surface area (Å²) in [6.07, 6.45) is 6.80. The van der Waals surface area contributed by atoms with Crippen molar-refractivity contribution in [2.75, 3.05) is 19.6 Å². The van der Waals surface area contributed by atoms with Gasteiger partial charge < -0.3 is 10.2 Å². The number of aromatic nitrogens is 1. The standard InChI is InChI=1S/C13H17N3O/c17-12(11-2-7-14-8-3-11)16-9-5-13(16)4-1-6-15-10-13/h2-3,7-8,15H,1,4-6,9-10H2/t13-/m0/s1. The maximum absolute atomic E-state index is 12.4. The van der Waals surface area contributed by atoms with E-state index in [-0.39, 0.29) is 11.4 Å². The fourth-order valence-corrected chi connectivity index (χ4v) is 2.90. The number of nitrogens with one attached hydrogen (secondary N) is 1. The molecule has 0 aliphatic carbocycles. The topological polar surface area (TPSA) is 45.2 Å². The number of piperidine rings is 1. The minimum Gasteiger partial charge on any atom is -0.332 e. The van der Waals surface area contributed by atoms with Gasteiger partial charge in [-0.25, -0.2) is 0 Å². The number of carbonyl (C=O) groups excluding carboxylic acids is 1. The van der Waals surface area contributed by atoms with Crippen molar-refractivity contribution in [1.29, 1.82) is 0 Å². The van der Waals surface area contributed by atoms with Crippen molar-refractivity contribution in [2.45, 2.75) is 24.8 Å². The highest BCUT2D eigenvalue weighted by Crippen LogP contribution is 2.37. The first-order valence-corrected chi connectivity index (χ1v) is 6.25. The molecule has 2 aliphatic heterocycles. The fourth-order valence-electron chi connectivity index (χ4n) is 2.90. The van der Waals surface area contributed by atoms with E-state index >= 15 is 0 Å². The van der Waals surface area contributed by atoms with E-state index in [1.807, 2.05) is 4.90 Å². The number of hydrogen-bond donors (Lipinski definition) is 1. The Bertz CT molecular complexity index is 412. The van der Waals surface area contributed by atoms with Crippen LogP contribution in [0.25, 0.3) is 0 Å². The Morgan fingerprint density at radius 3 is 2.76 bits per heavy atom. The molecule has 1 N–H and O–H groups in total. The van der Waals surface area contributed by atoms with Gasteiger partial charge in [-0.15, -0.1) is 0 Å². The highest BCUT2D eigenvalue weighted by molar-refractivity contribution is 5.95. The monoisotopic (exact) mass is 231 g/mol. The average Bonchev–Trinajstić information content (AvgIpc) is 2.39. The second-order valence-corrected chi connectivity index (χ2v) is 4.95. The molecule has 0 radical (unpaired) electrons. The largest absolute Gasteiger partial charge is 0.332 e. The zero-order chi connectivity index (χ0) is 11.7. The molecule has 0 aromatic carbocycles. The van der Waals surface area contributed by atoms with Crippen LogP contribution in [-0.4, -0.2) is 41.0 Å². The van der Waals surface area contributed by atoms with Crippen molar-refractivity contribution in [3.05, 3.63) is 30.1 Å². The van der Waals surface area contributed by atoms with E-state index < -0.39 is 0 Å². The van der Waals surface area contributed by atoms with Crippen LogP contribution in [0, 0.1) is 0 Å². The van der Waals surface area contributed by atoms with Gasteiger partial charge in [0.25, 0.3) is 5.91 Å². The molecule has 2 aliphatic rings. The summed E-state index contributed by atoms with van der Waals surface area (Å²) in [5, 5.41) is 3.41. The quantitative estimate of drug-likeness (QED) is 0.785. The number of rotatable bonds is 1. The summed E-state index contributed by atoms with van der Waals surface area (Å²) in [5.41, 5.74) is 0.850. The van der Waals surface area contributed by atoms with Crippen LogP contribution in [-0.2, 0) is 0 Å². The van der Waals surface area contributed by atoms with Gasteiger partial charge in [0.1, 0.15) is 0 Å². The number of pyridine rings is 1. The minimum atomic E-state index is 0.0958. The lowest BCUT2D eigenvalue weighted by Gasteiger charge is -2.55. The van der Waals surface area contributed by atoms with Crippen LogP contribution in [0.3, 0.4) is 0 Å². The van der Waals surface area contributed by atoms with Crippen LogP contribution < -0.4 is 5.32 Å². The van der Waals surface area contributed by atoms with Crippen molar-refractivity contribution < 1.29 is 4.79 Å². The van der Waals surface area contributed by atoms with Crippen LogP contribution in [0.5, 0.6) is 0 Å². The molecule has 1 aromatic rings. The maximum atomic E-state index is 12.4. The lowest BCUT2D eigenvalue weighted by molar-refractivity contribution is -0.0155. The zero-order valence-electron chi connectivity index (χ0n) is 9.85. The average molecular weight is 231 g/mol. The number of nitrogens with zero attached hydrogens (tertiary/aromatic N) is 2. The van der Waals surface area contributed by atoms with Gasteiger partial charge in [-0.2, -0.15) is 0 Å². The van der Waals surface area contributed by atoms with E-state index in [0.717, 1.165) is 38.0 Å². The Labute approximate surface area is 101 Å². The summed E-state index contributed by atoms with van der Waals surface area (Å²) in [4.78, 5) is 18.4. The van der Waals surface area contributed by atoms with Gasteiger partial charge in [0.05, 0.1) is 5.54 Å². The molecular weight excluding hydrogens is 214 g/mol. The molecular formula is C13H17N3O. The molecule has 2 saturated heterocycles. The van der Waals surface area contributed by atoms with Crippen molar-refractivity contribution in [3.8, 4) is 0 Å². The highest BCUT2D eigenvalue weighted by atomic mass is 16.2. The third-order valence-electron chi connectivity index (χ3n) is 4.00. The summed E-state index contributed by atoms with van der Waals surface area (Å²) < 4.78 is 0. The maximum Gasteiger partial charge on any atom is 0.254 e. The van der Waals surface area contributed by atoms with Crippen molar-refractivity contribution in [3.63, 3.8) is 0 Å². The Morgan fingerprint density at radius 1 is 1.35 bits per heavy atom. The van der Waals surface area contributed by atoms with Gasteiger partial charge in [-0.05, 0) is 37.9 Å². The molecule has 4 heteroatoms. The summed E-state index contributed by atoms with van der Waals surface area (Å²) >= 11 is 0. The molecule has 0 saturated carbocycles. The molecule has 1 spiro atoms. The van der Waals surface area contributed by atoms with E-state index in [9.17, 15) is 4.79 Å². The molecule has 1 amide bonds. The normalized spacial score (nSPS) is 27.9. The molecule has 1 atom stereocenters. The molecule has 4 nitrogen and oxygen atoms in total. The van der Waals surface area contributed by atoms with E-state index in [2.05, 4.69) is 10.3 Å². The molecule has 0 unspecified atom stereocenters. The van der Waals surface area contributed by atoms with Gasteiger partial charge >= 0.3 is 0 Å². The predicted molar refractivity (Wildman–Crippen MR) is 64.7 cm³/mol. The van der Waals surface area contributed by atoms with Gasteiger partial charge in [0, 0.05) is 31.0 Å². The van der Waals surface area contributed by atoms with Crippen molar-refractivity contribution >= 4 is 5.91 Å². The second kappa shape index (κ2) is 4.11. The molecule has 3 heterocycles. The first-order valence-electron chi connectivity index (χ1n) is 6.25. The third kappa shape index (κ3) is 1.72. The molecule has 0 bridgehead atoms. The van der Waals surface area contributed by atoms with Gasteiger partial charge in [0.15, 0.2) is 0 Å². The van der Waals surface area contributed by atoms with Gasteiger partial charge in [0.2, 0.25) is 0 Å². The summed E-state index contributed by atoms with van der Waals surface area (Å²) in [5.74, 6) is 0.155. The Balaban J connectivity index is 1.79. The summed E-state index contributed by atoms with van der Waals surface area (Å²) in [6.45, 7) is 2.92. The molecule has 1 aromatic heterocycles. The lowest BCUT2D eigenvalue weighted by Crippen LogP contribution is -2.67. The summed E-state index contributed by atoms with van der Waals surface area (Å²) in [6, 6.07) is 3.59. The number of carbonyl (C=O) groups is 1. The van der Waals surface area contributed by atoms with E-state index in [0.29, 0.717) is 0 Å². The van der Waals surface area contributed by atoms with E-state index in [1.54, 1.807) is 24.5 Å². The Morgan fingerprint density at radius 2 is 2.18 bits per heavy atom. The zero-order valence-corrected chi connectivity index (χ0v) is 9.85. The Kier molecular flexibility index (Phi) is 2.59. The third-order valence-corrected chi connectivity index (χ3v) is 4.00. The minimum absolute atomic E-state index is 0.0958. The molecule has 17 heavy (non-hydrogen) atoms. The number of likely N-dealkylation sites (tertiary alicyclic amines) is 1. The predicted octanol–water partition coefficient (Wildman–Crippen LogP) is 1.05. The van der Waals surface area contributed by atoms with Crippen LogP contribution in [0.4, 0.5) is 0 Å². The van der Waals surface area contributed by atoms with Crippen LogP contribution in [0.2, 0.25) is 0 Å². The van der Waals surface area contributed by atoms with Crippen LogP contribution >= 0.6 is 0 Å². The number of amides is 1. The number of hydrogen-bond acceptors (Lipinski definition) is 3. The molecule has 3 rings (SSSR count). The Hall–Kier alpha value is -1.42. The fraction of sp³-hybridized carbons (Fsp3) is 0.538. The first kappa shape index (κ1) is 10.7. The van der Waals surface area contributed by atoms with Crippen molar-refractivity contribution in [2.24, 2.45) is 0 Å². The van der Waals surface area contributed by atoms with Crippen LogP contribution in [0.15, 0.2) is 24.5 Å². The lowest BCUT2D eigenvalue weighted by atomic mass is 9.78. The smallest absolute Gasteiger partial charge is 0.254 e. The second-order valence-electron chi connectivity index (χ2n) is 4.95. The van der Waals surface area contributed by atoms with E-state index in [1.165, 1.54) is 6.42 Å². The first-order chi connectivity index (χ1) is 8.32. The van der Waals surface area contributed by atoms with E-state index in [4.69, 9.17) is 0 Å². The SMILES string of the molecule is O=C(c1ccncc1)N1CC[C@]12CCCNC2. The van der Waals surface area contributed by atoms with Gasteiger partial charge in [-0.1, -0.05) is 0 Å². The van der Waals surface area contributed by atoms with Crippen molar-refractivity contribution in [1.82, 2.24) is 15.2 Å². The molecule has 2 fully saturated rings. The van der Waals surface area contributed by atoms with Gasteiger partial charge in [-0.3, -0.25) is 9.78 Å². The molecule has 90 valence electrons. The van der Waals surface area contributed by atoms with Crippen LogP contribution in [0.1, 0.15) is 29.6 Å².